The van der Waals surface area contributed by atoms with E-state index in [0.29, 0.717) is 13.1 Å². The van der Waals surface area contributed by atoms with Gasteiger partial charge < -0.3 is 31.1 Å². The van der Waals surface area contributed by atoms with Crippen LogP contribution < -0.4 is 10.6 Å². The fraction of sp³-hybridized carbons (Fsp3) is 1.00. The number of nitrogens with one attached hydrogen (secondary N) is 2. The third-order valence-corrected chi connectivity index (χ3v) is 2.10. The molecule has 0 heterocycles. The lowest BCUT2D eigenvalue weighted by molar-refractivity contribution is 0.166. The molecule has 0 aliphatic heterocycles. The number of hydrogen-bond donors (Lipinski definition) is 6. The molecular weight excluding hydrogens is 200 g/mol. The summed E-state index contributed by atoms with van der Waals surface area (Å²) >= 11 is 0. The minimum atomic E-state index is -0.267. The average molecular weight is 222 g/mol. The van der Waals surface area contributed by atoms with Crippen molar-refractivity contribution >= 4 is 0 Å². The topological polar surface area (TPSA) is 105 Å². The van der Waals surface area contributed by atoms with Gasteiger partial charge in [0, 0.05) is 0 Å². The normalized spacial score (nSPS) is 11.6. The predicted octanol–water partition coefficient (Wildman–Crippen LogP) is -2.74. The van der Waals surface area contributed by atoms with Gasteiger partial charge in [-0.3, -0.25) is 0 Å². The van der Waals surface area contributed by atoms with Crippen molar-refractivity contribution in [3.8, 4) is 0 Å². The molecular formula is C9H22N2O4. The molecule has 0 saturated carbocycles. The highest BCUT2D eigenvalue weighted by molar-refractivity contribution is 4.66. The van der Waals surface area contributed by atoms with Crippen LogP contribution in [-0.4, -0.2) is 72.0 Å². The molecule has 6 N–H and O–H groups in total. The zero-order valence-electron chi connectivity index (χ0n) is 8.89. The smallest absolute Gasteiger partial charge is 0.0607 e. The summed E-state index contributed by atoms with van der Waals surface area (Å²) in [5.74, 6) is 0. The van der Waals surface area contributed by atoms with Gasteiger partial charge in [-0.05, 0) is 19.5 Å². The van der Waals surface area contributed by atoms with Gasteiger partial charge in [-0.15, -0.1) is 0 Å². The van der Waals surface area contributed by atoms with E-state index in [9.17, 15) is 0 Å². The summed E-state index contributed by atoms with van der Waals surface area (Å²) in [7, 11) is 0. The second kappa shape index (κ2) is 10.3. The summed E-state index contributed by atoms with van der Waals surface area (Å²) in [6.45, 7) is 1.00. The summed E-state index contributed by atoms with van der Waals surface area (Å²) in [4.78, 5) is 0. The predicted molar refractivity (Wildman–Crippen MR) is 56.5 cm³/mol. The third-order valence-electron chi connectivity index (χ3n) is 2.10. The zero-order chi connectivity index (χ0) is 11.5. The van der Waals surface area contributed by atoms with Crippen LogP contribution in [0.4, 0.5) is 0 Å². The van der Waals surface area contributed by atoms with Gasteiger partial charge in [0.15, 0.2) is 0 Å². The molecule has 15 heavy (non-hydrogen) atoms. The minimum Gasteiger partial charge on any atom is -0.395 e. The van der Waals surface area contributed by atoms with Crippen molar-refractivity contribution in [1.82, 2.24) is 10.6 Å². The van der Waals surface area contributed by atoms with E-state index in [1.165, 1.54) is 0 Å². The van der Waals surface area contributed by atoms with Crippen LogP contribution >= 0.6 is 0 Å². The zero-order valence-corrected chi connectivity index (χ0v) is 8.89. The number of hydrogen-bond acceptors (Lipinski definition) is 6. The van der Waals surface area contributed by atoms with Crippen LogP contribution in [0.3, 0.4) is 0 Å². The molecule has 0 rings (SSSR count). The van der Waals surface area contributed by atoms with Crippen LogP contribution in [0.25, 0.3) is 0 Å². The van der Waals surface area contributed by atoms with E-state index in [4.69, 9.17) is 20.4 Å². The monoisotopic (exact) mass is 222 g/mol. The third kappa shape index (κ3) is 7.66. The highest BCUT2D eigenvalue weighted by Crippen LogP contribution is 1.84. The molecule has 0 atom stereocenters. The quantitative estimate of drug-likeness (QED) is 0.224. The lowest BCUT2D eigenvalue weighted by Gasteiger charge is -2.15. The van der Waals surface area contributed by atoms with Crippen molar-refractivity contribution < 1.29 is 20.4 Å². The molecule has 0 aromatic rings. The first-order chi connectivity index (χ1) is 7.28. The van der Waals surface area contributed by atoms with Gasteiger partial charge in [0.05, 0.1) is 38.5 Å². The highest BCUT2D eigenvalue weighted by atomic mass is 16.3. The van der Waals surface area contributed by atoms with Crippen LogP contribution in [0.5, 0.6) is 0 Å². The first-order valence-corrected chi connectivity index (χ1v) is 5.18. The summed E-state index contributed by atoms with van der Waals surface area (Å²) in [6, 6.07) is -0.534. The van der Waals surface area contributed by atoms with Crippen molar-refractivity contribution in [2.45, 2.75) is 18.5 Å². The molecule has 0 aliphatic carbocycles. The van der Waals surface area contributed by atoms with Crippen molar-refractivity contribution in [3.63, 3.8) is 0 Å². The Morgan fingerprint density at radius 3 is 1.27 bits per heavy atom. The first kappa shape index (κ1) is 14.8. The Labute approximate surface area is 89.9 Å². The molecule has 0 aliphatic rings. The lowest BCUT2D eigenvalue weighted by Crippen LogP contribution is -2.39. The Kier molecular flexibility index (Phi) is 10.1. The molecule has 0 aromatic carbocycles. The number of aliphatic hydroxyl groups is 4. The maximum absolute atomic E-state index is 8.74. The molecule has 6 heteroatoms. The maximum atomic E-state index is 8.74. The standard InChI is InChI=1S/C9H22N2O4/c12-4-8(5-13)10-2-1-3-11-9(6-14)7-15/h8-15H,1-7H2. The molecule has 6 nitrogen and oxygen atoms in total. The van der Waals surface area contributed by atoms with E-state index in [2.05, 4.69) is 10.6 Å². The van der Waals surface area contributed by atoms with Crippen molar-refractivity contribution in [2.24, 2.45) is 0 Å². The van der Waals surface area contributed by atoms with Crippen LogP contribution in [0.15, 0.2) is 0 Å². The van der Waals surface area contributed by atoms with Gasteiger partial charge in [0.2, 0.25) is 0 Å². The van der Waals surface area contributed by atoms with Crippen LogP contribution in [0, 0.1) is 0 Å². The van der Waals surface area contributed by atoms with Crippen LogP contribution in [-0.2, 0) is 0 Å². The lowest BCUT2D eigenvalue weighted by atomic mass is 10.3. The molecule has 0 unspecified atom stereocenters. The molecule has 0 spiro atoms. The Morgan fingerprint density at radius 2 is 1.00 bits per heavy atom. The largest absolute Gasteiger partial charge is 0.395 e. The van der Waals surface area contributed by atoms with Gasteiger partial charge in [0.25, 0.3) is 0 Å². The summed E-state index contributed by atoms with van der Waals surface area (Å²) < 4.78 is 0. The second-order valence-corrected chi connectivity index (χ2v) is 3.39. The first-order valence-electron chi connectivity index (χ1n) is 5.18. The molecule has 0 bridgehead atoms. The van der Waals surface area contributed by atoms with E-state index in [-0.39, 0.29) is 38.5 Å². The van der Waals surface area contributed by atoms with Crippen molar-refractivity contribution in [2.75, 3.05) is 39.5 Å². The van der Waals surface area contributed by atoms with Crippen molar-refractivity contribution in [1.29, 1.82) is 0 Å². The van der Waals surface area contributed by atoms with Gasteiger partial charge in [-0.1, -0.05) is 0 Å². The fourth-order valence-electron chi connectivity index (χ4n) is 1.07. The van der Waals surface area contributed by atoms with Gasteiger partial charge >= 0.3 is 0 Å². The van der Waals surface area contributed by atoms with E-state index < -0.39 is 0 Å². The molecule has 0 saturated heterocycles. The van der Waals surface area contributed by atoms with E-state index in [0.717, 1.165) is 6.42 Å². The van der Waals surface area contributed by atoms with Crippen LogP contribution in [0.2, 0.25) is 0 Å². The van der Waals surface area contributed by atoms with Gasteiger partial charge in [-0.25, -0.2) is 0 Å². The SMILES string of the molecule is OCC(CO)NCCCNC(CO)CO. The Hall–Kier alpha value is -0.240. The maximum Gasteiger partial charge on any atom is 0.0607 e. The summed E-state index contributed by atoms with van der Waals surface area (Å²) in [5, 5.41) is 40.9. The molecule has 0 aromatic heterocycles. The summed E-state index contributed by atoms with van der Waals surface area (Å²) in [5.41, 5.74) is 0. The minimum absolute atomic E-state index is 0.0835. The highest BCUT2D eigenvalue weighted by Gasteiger charge is 2.05. The van der Waals surface area contributed by atoms with E-state index >= 15 is 0 Å². The fourth-order valence-corrected chi connectivity index (χ4v) is 1.07. The molecule has 0 radical (unpaired) electrons. The molecule has 0 fully saturated rings. The van der Waals surface area contributed by atoms with E-state index in [1.807, 2.05) is 0 Å². The summed E-state index contributed by atoms with van der Waals surface area (Å²) in [6.07, 6.45) is 0.799. The number of rotatable bonds is 10. The molecule has 0 amide bonds. The average Bonchev–Trinajstić information content (AvgIpc) is 2.29. The van der Waals surface area contributed by atoms with Crippen molar-refractivity contribution in [3.05, 3.63) is 0 Å². The van der Waals surface area contributed by atoms with Crippen LogP contribution in [0.1, 0.15) is 6.42 Å². The van der Waals surface area contributed by atoms with Gasteiger partial charge in [0.1, 0.15) is 0 Å². The Balaban J connectivity index is 3.30. The second-order valence-electron chi connectivity index (χ2n) is 3.39. The Morgan fingerprint density at radius 1 is 0.667 bits per heavy atom. The Bertz CT molecular complexity index is 115. The van der Waals surface area contributed by atoms with E-state index in [1.54, 1.807) is 0 Å². The van der Waals surface area contributed by atoms with Gasteiger partial charge in [-0.2, -0.15) is 0 Å². The number of aliphatic hydroxyl groups excluding tert-OH is 4. The molecule has 92 valence electrons.